The van der Waals surface area contributed by atoms with Crippen LogP contribution in [0.3, 0.4) is 0 Å². The van der Waals surface area contributed by atoms with Gasteiger partial charge in [0.2, 0.25) is 0 Å². The molecule has 2 aromatic carbocycles. The number of nitrogens with one attached hydrogen (secondary N) is 3. The molecule has 2 atom stereocenters. The first-order valence-corrected chi connectivity index (χ1v) is 11.3. The molecule has 36 heavy (non-hydrogen) atoms. The van der Waals surface area contributed by atoms with Crippen molar-refractivity contribution in [3.8, 4) is 5.75 Å². The van der Waals surface area contributed by atoms with E-state index in [1.165, 1.54) is 18.1 Å². The highest BCUT2D eigenvalue weighted by atomic mass is 16.5. The molecule has 0 radical (unpaired) electrons. The zero-order valence-electron chi connectivity index (χ0n) is 19.6. The molecule has 0 bridgehead atoms. The van der Waals surface area contributed by atoms with Gasteiger partial charge in [-0.25, -0.2) is 4.79 Å². The first kappa shape index (κ1) is 23.4. The van der Waals surface area contributed by atoms with Crippen LogP contribution in [0.15, 0.2) is 46.9 Å². The fourth-order valence-electron chi connectivity index (χ4n) is 4.46. The van der Waals surface area contributed by atoms with Crippen molar-refractivity contribution in [2.75, 3.05) is 20.2 Å². The molecule has 3 aromatic rings. The number of methoxy groups -OCH3 is 1. The fourth-order valence-corrected chi connectivity index (χ4v) is 4.46. The Kier molecular flexibility index (Phi) is 5.64. The Morgan fingerprint density at radius 1 is 1.22 bits per heavy atom. The first-order chi connectivity index (χ1) is 17.2. The van der Waals surface area contributed by atoms with E-state index in [-0.39, 0.29) is 31.3 Å². The Hall–Kier alpha value is -4.38. The minimum Gasteiger partial charge on any atom is -0.497 e. The first-order valence-electron chi connectivity index (χ1n) is 11.3. The van der Waals surface area contributed by atoms with Gasteiger partial charge in [-0.3, -0.25) is 19.7 Å². The topological polar surface area (TPSA) is 150 Å². The summed E-state index contributed by atoms with van der Waals surface area (Å²) < 4.78 is 11.2. The van der Waals surface area contributed by atoms with E-state index in [1.807, 2.05) is 0 Å². The van der Waals surface area contributed by atoms with Crippen molar-refractivity contribution in [3.05, 3.63) is 64.9 Å². The van der Waals surface area contributed by atoms with Gasteiger partial charge in [0.05, 0.1) is 19.8 Å². The number of carbonyl (C=O) groups is 4. The molecule has 1 saturated heterocycles. The second-order valence-electron chi connectivity index (χ2n) is 8.92. The van der Waals surface area contributed by atoms with Crippen LogP contribution in [0.1, 0.15) is 39.0 Å². The van der Waals surface area contributed by atoms with Crippen molar-refractivity contribution in [3.63, 3.8) is 0 Å². The Morgan fingerprint density at radius 3 is 2.72 bits per heavy atom. The van der Waals surface area contributed by atoms with Gasteiger partial charge in [-0.05, 0) is 42.8 Å². The van der Waals surface area contributed by atoms with E-state index >= 15 is 0 Å². The van der Waals surface area contributed by atoms with Crippen molar-refractivity contribution in [1.82, 2.24) is 20.9 Å². The summed E-state index contributed by atoms with van der Waals surface area (Å²) in [5.74, 6) is -0.679. The lowest BCUT2D eigenvalue weighted by molar-refractivity contribution is -0.125. The number of ether oxygens (including phenoxy) is 1. The van der Waals surface area contributed by atoms with E-state index < -0.39 is 29.5 Å². The fraction of sp³-hybridized carbons (Fsp3) is 0.280. The molecule has 11 heteroatoms. The summed E-state index contributed by atoms with van der Waals surface area (Å²) in [4.78, 5) is 52.3. The molecule has 0 spiro atoms. The molecule has 1 fully saturated rings. The van der Waals surface area contributed by atoms with Crippen LogP contribution in [-0.2, 0) is 16.9 Å². The lowest BCUT2D eigenvalue weighted by Gasteiger charge is -2.29. The number of hydrogen-bond acceptors (Lipinski definition) is 7. The van der Waals surface area contributed by atoms with Crippen LogP contribution in [-0.4, -0.2) is 60.1 Å². The minimum absolute atomic E-state index is 0.0910. The van der Waals surface area contributed by atoms with Crippen LogP contribution in [0.25, 0.3) is 11.0 Å². The van der Waals surface area contributed by atoms with Gasteiger partial charge in [0.25, 0.3) is 17.7 Å². The SMILES string of the molecule is COc1ccc2c(c1)C(=O)N(C[C@@]1(c3cc4ccc(C(=O)NC[C@@H](C)O)cc4o3)NC(=O)NC1=O)C2. The summed E-state index contributed by atoms with van der Waals surface area (Å²) in [6.07, 6.45) is -0.697. The number of rotatable bonds is 7. The van der Waals surface area contributed by atoms with Crippen LogP contribution in [0.4, 0.5) is 4.79 Å². The normalized spacial score (nSPS) is 19.8. The standard InChI is InChI=1S/C25H24N4O7/c1-13(30)10-26-21(31)15-4-3-14-8-20(36-19(14)7-15)25(23(33)27-24(34)28-25)12-29-11-16-5-6-17(35-2)9-18(16)22(29)32/h3-9,13,30H,10-12H2,1-2H3,(H,26,31)(H2,27,28,33,34)/t13-,25+/m1/s1. The predicted molar refractivity (Wildman–Crippen MR) is 126 cm³/mol. The predicted octanol–water partition coefficient (Wildman–Crippen LogP) is 1.24. The van der Waals surface area contributed by atoms with Crippen molar-refractivity contribution in [2.24, 2.45) is 0 Å². The highest BCUT2D eigenvalue weighted by Crippen LogP contribution is 2.35. The molecule has 11 nitrogen and oxygen atoms in total. The number of carbonyl (C=O) groups excluding carboxylic acids is 4. The van der Waals surface area contributed by atoms with Crippen LogP contribution in [0.2, 0.25) is 0 Å². The molecule has 0 saturated carbocycles. The number of aliphatic hydroxyl groups excluding tert-OH is 1. The molecule has 4 N–H and O–H groups in total. The molecule has 186 valence electrons. The molecule has 5 amide bonds. The molecule has 0 unspecified atom stereocenters. The third-order valence-corrected chi connectivity index (χ3v) is 6.33. The molecule has 2 aliphatic rings. The number of imide groups is 1. The van der Waals surface area contributed by atoms with Crippen LogP contribution in [0, 0.1) is 0 Å². The summed E-state index contributed by atoms with van der Waals surface area (Å²) >= 11 is 0. The number of aliphatic hydroxyl groups is 1. The zero-order chi connectivity index (χ0) is 25.6. The zero-order valence-corrected chi connectivity index (χ0v) is 19.6. The maximum atomic E-state index is 13.1. The van der Waals surface area contributed by atoms with E-state index in [0.717, 1.165) is 5.56 Å². The van der Waals surface area contributed by atoms with Crippen LogP contribution in [0.5, 0.6) is 5.75 Å². The Balaban J connectivity index is 1.48. The number of hydrogen-bond donors (Lipinski definition) is 4. The lowest BCUT2D eigenvalue weighted by atomic mass is 9.95. The minimum atomic E-state index is -1.66. The van der Waals surface area contributed by atoms with Crippen molar-refractivity contribution in [2.45, 2.75) is 25.1 Å². The van der Waals surface area contributed by atoms with E-state index in [9.17, 15) is 24.3 Å². The number of nitrogens with zero attached hydrogens (tertiary/aromatic N) is 1. The van der Waals surface area contributed by atoms with Gasteiger partial charge in [-0.15, -0.1) is 0 Å². The summed E-state index contributed by atoms with van der Waals surface area (Å²) in [5.41, 5.74) is 0.206. The van der Waals surface area contributed by atoms with E-state index in [0.29, 0.717) is 27.8 Å². The van der Waals surface area contributed by atoms with E-state index in [2.05, 4.69) is 16.0 Å². The number of furan rings is 1. The molecular weight excluding hydrogens is 468 g/mol. The molecular formula is C25H24N4O7. The number of urea groups is 1. The molecule has 3 heterocycles. The number of fused-ring (bicyclic) bond motifs is 2. The molecule has 1 aromatic heterocycles. The van der Waals surface area contributed by atoms with E-state index in [4.69, 9.17) is 9.15 Å². The van der Waals surface area contributed by atoms with Crippen molar-refractivity contribution < 1.29 is 33.4 Å². The van der Waals surface area contributed by atoms with Gasteiger partial charge >= 0.3 is 6.03 Å². The maximum absolute atomic E-state index is 13.1. The smallest absolute Gasteiger partial charge is 0.322 e. The number of benzene rings is 2. The third kappa shape index (κ3) is 3.93. The second-order valence-corrected chi connectivity index (χ2v) is 8.92. The highest BCUT2D eigenvalue weighted by Gasteiger charge is 2.53. The molecule has 2 aliphatic heterocycles. The van der Waals surface area contributed by atoms with Gasteiger partial charge in [-0.2, -0.15) is 0 Å². The lowest BCUT2D eigenvalue weighted by Crippen LogP contribution is -2.52. The van der Waals surface area contributed by atoms with E-state index in [1.54, 1.807) is 43.3 Å². The summed E-state index contributed by atoms with van der Waals surface area (Å²) in [6.45, 7) is 1.73. The van der Waals surface area contributed by atoms with Gasteiger partial charge in [0.15, 0.2) is 5.54 Å². The van der Waals surface area contributed by atoms with Crippen molar-refractivity contribution in [1.29, 1.82) is 0 Å². The number of amides is 5. The van der Waals surface area contributed by atoms with Crippen LogP contribution >= 0.6 is 0 Å². The quantitative estimate of drug-likeness (QED) is 0.363. The van der Waals surface area contributed by atoms with Gasteiger partial charge in [0, 0.05) is 29.6 Å². The highest BCUT2D eigenvalue weighted by molar-refractivity contribution is 6.08. The third-order valence-electron chi connectivity index (χ3n) is 6.33. The summed E-state index contributed by atoms with van der Waals surface area (Å²) in [6, 6.07) is 10.8. The van der Waals surface area contributed by atoms with Crippen molar-refractivity contribution >= 4 is 34.7 Å². The summed E-state index contributed by atoms with van der Waals surface area (Å²) in [5, 5.41) is 17.5. The average molecular weight is 492 g/mol. The summed E-state index contributed by atoms with van der Waals surface area (Å²) in [7, 11) is 1.51. The Morgan fingerprint density at radius 2 is 2.03 bits per heavy atom. The largest absolute Gasteiger partial charge is 0.497 e. The van der Waals surface area contributed by atoms with Gasteiger partial charge in [0.1, 0.15) is 17.1 Å². The monoisotopic (exact) mass is 492 g/mol. The average Bonchev–Trinajstić information content (AvgIpc) is 3.50. The second kappa shape index (κ2) is 8.68. The van der Waals surface area contributed by atoms with Gasteiger partial charge < -0.3 is 29.8 Å². The van der Waals surface area contributed by atoms with Crippen LogP contribution < -0.4 is 20.7 Å². The molecule has 5 rings (SSSR count). The van der Waals surface area contributed by atoms with Gasteiger partial charge in [-0.1, -0.05) is 12.1 Å². The maximum Gasteiger partial charge on any atom is 0.322 e. The molecule has 0 aliphatic carbocycles. The Bertz CT molecular complexity index is 1410. The Labute approximate surface area is 205 Å².